The quantitative estimate of drug-likeness (QED) is 0.391. The zero-order valence-corrected chi connectivity index (χ0v) is 22.7. The summed E-state index contributed by atoms with van der Waals surface area (Å²) in [5, 5.41) is 9.79. The Morgan fingerprint density at radius 1 is 0.846 bits per heavy atom. The minimum Gasteiger partial charge on any atom is -0.444 e. The van der Waals surface area contributed by atoms with E-state index in [1.807, 2.05) is 103 Å². The van der Waals surface area contributed by atoms with Crippen molar-refractivity contribution in [2.75, 3.05) is 24.5 Å². The van der Waals surface area contributed by atoms with Crippen molar-refractivity contribution < 1.29 is 9.53 Å². The summed E-state index contributed by atoms with van der Waals surface area (Å²) in [6, 6.07) is 19.8. The number of amides is 1. The third-order valence-electron chi connectivity index (χ3n) is 6.73. The number of carbonyl (C=O) groups excluding carboxylic acids is 1. The number of hydrogen-bond acceptors (Lipinski definition) is 7. The maximum Gasteiger partial charge on any atom is 0.410 e. The summed E-state index contributed by atoms with van der Waals surface area (Å²) in [6.07, 6.45) is 3.56. The highest BCUT2D eigenvalue weighted by atomic mass is 16.6. The number of benzene rings is 2. The van der Waals surface area contributed by atoms with E-state index in [2.05, 4.69) is 4.90 Å². The highest BCUT2D eigenvalue weighted by molar-refractivity contribution is 5.69. The first kappa shape index (κ1) is 26.5. The van der Waals surface area contributed by atoms with Gasteiger partial charge in [0, 0.05) is 44.6 Å². The van der Waals surface area contributed by atoms with Gasteiger partial charge in [-0.1, -0.05) is 24.3 Å². The number of hydrogen-bond donors (Lipinski definition) is 2. The molecular weight excluding hydrogens is 492 g/mol. The Hall–Kier alpha value is -4.15. The van der Waals surface area contributed by atoms with Crippen molar-refractivity contribution >= 4 is 11.9 Å². The lowest BCUT2D eigenvalue weighted by atomic mass is 10.1. The smallest absolute Gasteiger partial charge is 0.410 e. The van der Waals surface area contributed by atoms with Crippen molar-refractivity contribution in [2.24, 2.45) is 11.5 Å². The third kappa shape index (κ3) is 5.97. The van der Waals surface area contributed by atoms with Crippen LogP contribution in [-0.4, -0.2) is 55.8 Å². The van der Waals surface area contributed by atoms with E-state index in [1.54, 1.807) is 4.90 Å². The van der Waals surface area contributed by atoms with Gasteiger partial charge in [-0.15, -0.1) is 0 Å². The van der Waals surface area contributed by atoms with Gasteiger partial charge in [-0.25, -0.2) is 14.2 Å². The molecule has 5 rings (SSSR count). The zero-order chi connectivity index (χ0) is 27.6. The Kier molecular flexibility index (Phi) is 7.40. The maximum atomic E-state index is 13.0. The van der Waals surface area contributed by atoms with Crippen molar-refractivity contribution in [3.8, 4) is 11.4 Å². The predicted octanol–water partition coefficient (Wildman–Crippen LogP) is 3.77. The number of carbonyl (C=O) groups is 1. The molecule has 1 amide bonds. The molecule has 10 heteroatoms. The minimum atomic E-state index is -0.570. The maximum absolute atomic E-state index is 13.0. The highest BCUT2D eigenvalue weighted by Crippen LogP contribution is 2.30. The molecule has 1 saturated heterocycles. The second-order valence-corrected chi connectivity index (χ2v) is 10.7. The van der Waals surface area contributed by atoms with Gasteiger partial charge in [0.15, 0.2) is 5.82 Å². The Morgan fingerprint density at radius 3 is 1.97 bits per heavy atom. The lowest BCUT2D eigenvalue weighted by Crippen LogP contribution is -2.52. The molecule has 0 aliphatic carbocycles. The molecule has 0 spiro atoms. The van der Waals surface area contributed by atoms with Gasteiger partial charge >= 0.3 is 6.09 Å². The fourth-order valence-corrected chi connectivity index (χ4v) is 4.64. The van der Waals surface area contributed by atoms with Gasteiger partial charge in [-0.2, -0.15) is 10.2 Å². The molecule has 204 valence electrons. The van der Waals surface area contributed by atoms with E-state index in [-0.39, 0.29) is 12.1 Å². The summed E-state index contributed by atoms with van der Waals surface area (Å²) >= 11 is 0. The van der Waals surface area contributed by atoms with Gasteiger partial charge < -0.3 is 26.0 Å². The summed E-state index contributed by atoms with van der Waals surface area (Å²) in [5.74, 6) is 0.814. The van der Waals surface area contributed by atoms with E-state index >= 15 is 0 Å². The van der Waals surface area contributed by atoms with Crippen LogP contribution in [0, 0.1) is 0 Å². The second kappa shape index (κ2) is 10.9. The molecule has 1 unspecified atom stereocenters. The largest absolute Gasteiger partial charge is 0.444 e. The van der Waals surface area contributed by atoms with Gasteiger partial charge in [0.1, 0.15) is 5.60 Å². The summed E-state index contributed by atoms with van der Waals surface area (Å²) in [5.41, 5.74) is 15.8. The van der Waals surface area contributed by atoms with Crippen molar-refractivity contribution in [2.45, 2.75) is 45.5 Å². The van der Waals surface area contributed by atoms with Gasteiger partial charge in [-0.3, -0.25) is 0 Å². The number of nitrogens with zero attached hydrogens (tertiary/aromatic N) is 6. The molecule has 1 aliphatic rings. The van der Waals surface area contributed by atoms with Crippen LogP contribution in [-0.2, 0) is 17.8 Å². The van der Waals surface area contributed by atoms with Crippen molar-refractivity contribution in [1.29, 1.82) is 0 Å². The molecule has 2 aromatic carbocycles. The van der Waals surface area contributed by atoms with Crippen LogP contribution in [0.1, 0.15) is 43.6 Å². The average Bonchev–Trinajstić information content (AvgIpc) is 3.63. The Balaban J connectivity index is 1.44. The number of nitrogens with two attached hydrogens (primary N) is 2. The SMILES string of the molecule is CC(C)(C)OC(=O)N1CCN(c2ccn(-c3ccc(CN)cc3)n2)C(c2ccn(-c3ccc(CN)cc3)n2)C1. The highest BCUT2D eigenvalue weighted by Gasteiger charge is 2.35. The first-order valence-corrected chi connectivity index (χ1v) is 13.2. The number of anilines is 1. The average molecular weight is 529 g/mol. The number of piperazine rings is 1. The molecule has 10 nitrogen and oxygen atoms in total. The molecule has 1 fully saturated rings. The standard InChI is InChI=1S/C29H36N8O2/c1-29(2,3)39-28(38)34-16-17-35(27-13-15-37(33-27)24-10-6-22(19-31)7-11-24)26(20-34)25-12-14-36(32-25)23-8-4-21(18-30)5-9-23/h4-15,26H,16-20,30-31H2,1-3H3. The number of ether oxygens (including phenoxy) is 1. The lowest BCUT2D eigenvalue weighted by Gasteiger charge is -2.41. The fourth-order valence-electron chi connectivity index (χ4n) is 4.64. The number of aromatic nitrogens is 4. The van der Waals surface area contributed by atoms with Gasteiger partial charge in [0.05, 0.1) is 29.7 Å². The molecule has 0 radical (unpaired) electrons. The van der Waals surface area contributed by atoms with Crippen molar-refractivity contribution in [3.05, 3.63) is 89.9 Å². The molecule has 4 aromatic rings. The molecule has 0 bridgehead atoms. The van der Waals surface area contributed by atoms with Crippen molar-refractivity contribution in [1.82, 2.24) is 24.5 Å². The van der Waals surface area contributed by atoms with Crippen LogP contribution in [0.25, 0.3) is 11.4 Å². The Morgan fingerprint density at radius 2 is 1.41 bits per heavy atom. The summed E-state index contributed by atoms with van der Waals surface area (Å²) in [4.78, 5) is 16.9. The molecule has 3 heterocycles. The first-order valence-electron chi connectivity index (χ1n) is 13.2. The molecule has 2 aromatic heterocycles. The van der Waals surface area contributed by atoms with Crippen LogP contribution >= 0.6 is 0 Å². The molecular formula is C29H36N8O2. The predicted molar refractivity (Wildman–Crippen MR) is 151 cm³/mol. The fraction of sp³-hybridized carbons (Fsp3) is 0.345. The summed E-state index contributed by atoms with van der Waals surface area (Å²) in [6.45, 7) is 8.16. The van der Waals surface area contributed by atoms with Gasteiger partial charge in [-0.05, 0) is 62.2 Å². The van der Waals surface area contributed by atoms with E-state index in [9.17, 15) is 4.79 Å². The van der Waals surface area contributed by atoms with E-state index in [4.69, 9.17) is 26.4 Å². The monoisotopic (exact) mass is 528 g/mol. The van der Waals surface area contributed by atoms with E-state index in [0.29, 0.717) is 32.7 Å². The van der Waals surface area contributed by atoms with Crippen LogP contribution in [0.2, 0.25) is 0 Å². The van der Waals surface area contributed by atoms with Crippen LogP contribution in [0.3, 0.4) is 0 Å². The van der Waals surface area contributed by atoms with E-state index < -0.39 is 5.60 Å². The molecule has 0 saturated carbocycles. The van der Waals surface area contributed by atoms with Crippen LogP contribution in [0.5, 0.6) is 0 Å². The van der Waals surface area contributed by atoms with Crippen LogP contribution in [0.15, 0.2) is 73.1 Å². The Labute approximate surface area is 228 Å². The topological polar surface area (TPSA) is 120 Å². The second-order valence-electron chi connectivity index (χ2n) is 10.7. The first-order chi connectivity index (χ1) is 18.7. The lowest BCUT2D eigenvalue weighted by molar-refractivity contribution is 0.0212. The van der Waals surface area contributed by atoms with Crippen LogP contribution < -0.4 is 16.4 Å². The zero-order valence-electron chi connectivity index (χ0n) is 22.7. The van der Waals surface area contributed by atoms with E-state index in [0.717, 1.165) is 34.0 Å². The third-order valence-corrected chi connectivity index (χ3v) is 6.73. The summed E-state index contributed by atoms with van der Waals surface area (Å²) in [7, 11) is 0. The van der Waals surface area contributed by atoms with E-state index in [1.165, 1.54) is 0 Å². The molecule has 39 heavy (non-hydrogen) atoms. The normalized spacial score (nSPS) is 16.0. The van der Waals surface area contributed by atoms with Crippen LogP contribution in [0.4, 0.5) is 10.6 Å². The number of rotatable bonds is 6. The Bertz CT molecular complexity index is 1400. The molecule has 1 aliphatic heterocycles. The minimum absolute atomic E-state index is 0.209. The van der Waals surface area contributed by atoms with Crippen molar-refractivity contribution in [3.63, 3.8) is 0 Å². The molecule has 4 N–H and O–H groups in total. The van der Waals surface area contributed by atoms with Gasteiger partial charge in [0.25, 0.3) is 0 Å². The summed E-state index contributed by atoms with van der Waals surface area (Å²) < 4.78 is 9.38. The van der Waals surface area contributed by atoms with Gasteiger partial charge in [0.2, 0.25) is 0 Å². The molecule has 1 atom stereocenters.